The minimum Gasteiger partial charge on any atom is -0.485 e. The van der Waals surface area contributed by atoms with Crippen molar-refractivity contribution in [2.24, 2.45) is 0 Å². The molecule has 1 spiro atoms. The number of rotatable bonds is 3. The number of benzene rings is 1. The molecule has 28 heavy (non-hydrogen) atoms. The van der Waals surface area contributed by atoms with E-state index >= 15 is 0 Å². The SMILES string of the molecule is CC(C)(C)[S@@](=O)N[C@@H]1c2ccccc2OC12CCN(c1ccc(Br)nc1)CC2. The van der Waals surface area contributed by atoms with Crippen LogP contribution in [0.1, 0.15) is 45.2 Å². The van der Waals surface area contributed by atoms with Gasteiger partial charge in [0.25, 0.3) is 0 Å². The van der Waals surface area contributed by atoms with Crippen molar-refractivity contribution in [2.45, 2.75) is 50.0 Å². The molecule has 1 fully saturated rings. The first kappa shape index (κ1) is 19.9. The molecule has 1 N–H and O–H groups in total. The third kappa shape index (κ3) is 3.72. The summed E-state index contributed by atoms with van der Waals surface area (Å²) >= 11 is 3.39. The van der Waals surface area contributed by atoms with Crippen LogP contribution in [0, 0.1) is 0 Å². The highest BCUT2D eigenvalue weighted by Crippen LogP contribution is 2.49. The number of fused-ring (bicyclic) bond motifs is 1. The lowest BCUT2D eigenvalue weighted by atomic mass is 9.83. The maximum atomic E-state index is 12.9. The summed E-state index contributed by atoms with van der Waals surface area (Å²) in [4.78, 5) is 6.69. The molecule has 2 aliphatic heterocycles. The summed E-state index contributed by atoms with van der Waals surface area (Å²) in [6.07, 6.45) is 3.62. The number of hydrogen-bond acceptors (Lipinski definition) is 4. The van der Waals surface area contributed by atoms with Crippen LogP contribution in [0.25, 0.3) is 0 Å². The smallest absolute Gasteiger partial charge is 0.133 e. The average Bonchev–Trinajstić information content (AvgIpc) is 2.95. The number of aromatic nitrogens is 1. The van der Waals surface area contributed by atoms with Crippen LogP contribution in [0.4, 0.5) is 5.69 Å². The van der Waals surface area contributed by atoms with Gasteiger partial charge in [0.15, 0.2) is 0 Å². The summed E-state index contributed by atoms with van der Waals surface area (Å²) in [5.41, 5.74) is 1.86. The van der Waals surface area contributed by atoms with Crippen molar-refractivity contribution < 1.29 is 8.95 Å². The Kier molecular flexibility index (Phi) is 5.27. The van der Waals surface area contributed by atoms with Gasteiger partial charge in [-0.2, -0.15) is 0 Å². The van der Waals surface area contributed by atoms with Crippen LogP contribution in [-0.4, -0.2) is 32.6 Å². The Morgan fingerprint density at radius 3 is 2.57 bits per heavy atom. The Morgan fingerprint density at radius 1 is 1.21 bits per heavy atom. The van der Waals surface area contributed by atoms with Crippen molar-refractivity contribution in [1.29, 1.82) is 0 Å². The molecule has 5 nitrogen and oxygen atoms in total. The highest BCUT2D eigenvalue weighted by Gasteiger charge is 2.51. The number of nitrogens with zero attached hydrogens (tertiary/aromatic N) is 2. The van der Waals surface area contributed by atoms with Crippen molar-refractivity contribution in [3.05, 3.63) is 52.8 Å². The summed E-state index contributed by atoms with van der Waals surface area (Å²) < 4.78 is 23.3. The van der Waals surface area contributed by atoms with E-state index in [1.807, 2.05) is 51.2 Å². The fraction of sp³-hybridized carbons (Fsp3) is 0.476. The van der Waals surface area contributed by atoms with Gasteiger partial charge in [-0.05, 0) is 54.9 Å². The first-order valence-corrected chi connectivity index (χ1v) is 11.6. The molecule has 2 atom stereocenters. The zero-order valence-electron chi connectivity index (χ0n) is 16.4. The molecule has 4 rings (SSSR count). The fourth-order valence-electron chi connectivity index (χ4n) is 3.92. The van der Waals surface area contributed by atoms with E-state index in [0.717, 1.165) is 47.5 Å². The normalized spacial score (nSPS) is 22.0. The van der Waals surface area contributed by atoms with Crippen LogP contribution in [0.2, 0.25) is 0 Å². The topological polar surface area (TPSA) is 54.5 Å². The van der Waals surface area contributed by atoms with Crippen LogP contribution < -0.4 is 14.4 Å². The zero-order valence-corrected chi connectivity index (χ0v) is 18.8. The van der Waals surface area contributed by atoms with E-state index in [-0.39, 0.29) is 16.4 Å². The molecule has 0 saturated carbocycles. The largest absolute Gasteiger partial charge is 0.485 e. The number of anilines is 1. The lowest BCUT2D eigenvalue weighted by Crippen LogP contribution is -2.54. The van der Waals surface area contributed by atoms with Gasteiger partial charge in [0, 0.05) is 31.5 Å². The second-order valence-corrected chi connectivity index (χ2v) is 11.3. The second-order valence-electron chi connectivity index (χ2n) is 8.46. The van der Waals surface area contributed by atoms with Gasteiger partial charge in [-0.25, -0.2) is 13.9 Å². The summed E-state index contributed by atoms with van der Waals surface area (Å²) in [7, 11) is -1.17. The molecule has 0 amide bonds. The van der Waals surface area contributed by atoms with E-state index in [2.05, 4.69) is 42.7 Å². The third-order valence-corrected chi connectivity index (χ3v) is 7.57. The molecule has 2 aliphatic rings. The molecule has 1 aromatic heterocycles. The van der Waals surface area contributed by atoms with Gasteiger partial charge < -0.3 is 9.64 Å². The van der Waals surface area contributed by atoms with Gasteiger partial charge in [-0.1, -0.05) is 18.2 Å². The standard InChI is InChI=1S/C21H26BrN3O2S/c1-20(2,3)28(26)24-19-16-6-4-5-7-17(16)27-21(19)10-12-25(13-11-21)15-8-9-18(22)23-14-15/h4-9,14,19,24H,10-13H2,1-3H3/t19-,28-/m1/s1. The predicted octanol–water partition coefficient (Wildman–Crippen LogP) is 4.37. The van der Waals surface area contributed by atoms with Crippen molar-refractivity contribution >= 4 is 32.6 Å². The van der Waals surface area contributed by atoms with Crippen LogP contribution in [-0.2, 0) is 11.0 Å². The van der Waals surface area contributed by atoms with Crippen LogP contribution in [0.3, 0.4) is 0 Å². The van der Waals surface area contributed by atoms with E-state index in [1.165, 1.54) is 0 Å². The summed E-state index contributed by atoms with van der Waals surface area (Å²) in [6, 6.07) is 12.1. The Labute approximate surface area is 177 Å². The number of nitrogens with one attached hydrogen (secondary N) is 1. The quantitative estimate of drug-likeness (QED) is 0.686. The van der Waals surface area contributed by atoms with E-state index in [9.17, 15) is 4.21 Å². The number of pyridine rings is 1. The Balaban J connectivity index is 1.57. The van der Waals surface area contributed by atoms with Crippen LogP contribution >= 0.6 is 15.9 Å². The van der Waals surface area contributed by atoms with Gasteiger partial charge in [0.1, 0.15) is 16.0 Å². The second kappa shape index (κ2) is 7.43. The lowest BCUT2D eigenvalue weighted by Gasteiger charge is -2.43. The monoisotopic (exact) mass is 463 g/mol. The molecule has 7 heteroatoms. The maximum Gasteiger partial charge on any atom is 0.133 e. The van der Waals surface area contributed by atoms with E-state index in [0.29, 0.717) is 0 Å². The van der Waals surface area contributed by atoms with E-state index in [1.54, 1.807) is 0 Å². The molecular weight excluding hydrogens is 438 g/mol. The predicted molar refractivity (Wildman–Crippen MR) is 117 cm³/mol. The molecular formula is C21H26BrN3O2S. The first-order chi connectivity index (χ1) is 13.3. The number of piperidine rings is 1. The number of halogens is 1. The molecule has 1 aromatic carbocycles. The number of ether oxygens (including phenoxy) is 1. The fourth-order valence-corrected chi connectivity index (χ4v) is 5.06. The van der Waals surface area contributed by atoms with Gasteiger partial charge >= 0.3 is 0 Å². The summed E-state index contributed by atoms with van der Waals surface area (Å²) in [6.45, 7) is 7.73. The van der Waals surface area contributed by atoms with Gasteiger partial charge in [0.05, 0.1) is 33.7 Å². The Bertz CT molecular complexity index is 874. The summed E-state index contributed by atoms with van der Waals surface area (Å²) in [5, 5.41) is 0. The number of para-hydroxylation sites is 1. The number of hydrogen-bond donors (Lipinski definition) is 1. The van der Waals surface area contributed by atoms with Crippen LogP contribution in [0.15, 0.2) is 47.2 Å². The van der Waals surface area contributed by atoms with Gasteiger partial charge in [-0.3, -0.25) is 0 Å². The van der Waals surface area contributed by atoms with Gasteiger partial charge in [-0.15, -0.1) is 0 Å². The minimum absolute atomic E-state index is 0.0750. The molecule has 0 bridgehead atoms. The highest BCUT2D eigenvalue weighted by atomic mass is 79.9. The van der Waals surface area contributed by atoms with Crippen molar-refractivity contribution in [1.82, 2.24) is 9.71 Å². The molecule has 0 aliphatic carbocycles. The zero-order chi connectivity index (χ0) is 19.9. The molecule has 3 heterocycles. The van der Waals surface area contributed by atoms with Crippen molar-refractivity contribution in [3.63, 3.8) is 0 Å². The third-order valence-electron chi connectivity index (χ3n) is 5.54. The molecule has 150 valence electrons. The Hall–Kier alpha value is -1.44. The summed E-state index contributed by atoms with van der Waals surface area (Å²) in [5.74, 6) is 0.907. The van der Waals surface area contributed by atoms with Crippen molar-refractivity contribution in [3.8, 4) is 5.75 Å². The lowest BCUT2D eigenvalue weighted by molar-refractivity contribution is 0.0385. The highest BCUT2D eigenvalue weighted by molar-refractivity contribution is 9.10. The molecule has 2 aromatic rings. The van der Waals surface area contributed by atoms with Crippen LogP contribution in [0.5, 0.6) is 5.75 Å². The Morgan fingerprint density at radius 2 is 1.93 bits per heavy atom. The molecule has 0 unspecified atom stereocenters. The molecule has 1 saturated heterocycles. The van der Waals surface area contributed by atoms with Gasteiger partial charge in [0.2, 0.25) is 0 Å². The molecule has 0 radical (unpaired) electrons. The van der Waals surface area contributed by atoms with E-state index < -0.39 is 11.0 Å². The average molecular weight is 464 g/mol. The van der Waals surface area contributed by atoms with E-state index in [4.69, 9.17) is 4.74 Å². The minimum atomic E-state index is -1.17. The maximum absolute atomic E-state index is 12.9. The van der Waals surface area contributed by atoms with Crippen molar-refractivity contribution in [2.75, 3.05) is 18.0 Å². The first-order valence-electron chi connectivity index (χ1n) is 9.61.